The molecule has 27 heavy (non-hydrogen) atoms. The van der Waals surface area contributed by atoms with Crippen LogP contribution in [0.25, 0.3) is 6.08 Å². The second-order valence-electron chi connectivity index (χ2n) is 5.97. The van der Waals surface area contributed by atoms with Crippen molar-refractivity contribution >= 4 is 33.8 Å². The average molecular weight is 421 g/mol. The molecule has 0 saturated carbocycles. The molecule has 3 aromatic rings. The quantitative estimate of drug-likeness (QED) is 0.224. The van der Waals surface area contributed by atoms with Gasteiger partial charge in [-0.1, -0.05) is 60.2 Å². The minimum Gasteiger partial charge on any atom is -0.422 e. The van der Waals surface area contributed by atoms with Crippen LogP contribution in [0, 0.1) is 6.92 Å². The Morgan fingerprint density at radius 3 is 2.30 bits per heavy atom. The fourth-order valence-electron chi connectivity index (χ4n) is 2.47. The highest BCUT2D eigenvalue weighted by Crippen LogP contribution is 2.23. The molecule has 0 amide bonds. The van der Waals surface area contributed by atoms with E-state index in [1.54, 1.807) is 54.6 Å². The van der Waals surface area contributed by atoms with E-state index in [0.29, 0.717) is 26.9 Å². The van der Waals surface area contributed by atoms with Crippen LogP contribution in [0.1, 0.15) is 31.8 Å². The van der Waals surface area contributed by atoms with E-state index in [2.05, 4.69) is 15.9 Å². The summed E-state index contributed by atoms with van der Waals surface area (Å²) in [4.78, 5) is 24.8. The Balaban J connectivity index is 1.80. The molecular formula is C23H17BrO3. The van der Waals surface area contributed by atoms with E-state index in [1.807, 2.05) is 31.2 Å². The molecule has 0 spiro atoms. The Morgan fingerprint density at radius 2 is 1.56 bits per heavy atom. The molecule has 0 radical (unpaired) electrons. The van der Waals surface area contributed by atoms with Crippen LogP contribution < -0.4 is 4.74 Å². The summed E-state index contributed by atoms with van der Waals surface area (Å²) in [5, 5.41) is 0. The third kappa shape index (κ3) is 4.80. The number of ether oxygens (including phenoxy) is 1. The molecule has 0 aliphatic rings. The van der Waals surface area contributed by atoms with Crippen LogP contribution in [0.15, 0.2) is 83.3 Å². The van der Waals surface area contributed by atoms with E-state index in [0.717, 1.165) is 5.56 Å². The number of esters is 1. The largest absolute Gasteiger partial charge is 0.422 e. The van der Waals surface area contributed by atoms with Crippen molar-refractivity contribution in [1.29, 1.82) is 0 Å². The number of carbonyl (C=O) groups is 2. The van der Waals surface area contributed by atoms with Crippen molar-refractivity contribution in [2.24, 2.45) is 0 Å². The topological polar surface area (TPSA) is 43.4 Å². The molecule has 0 atom stereocenters. The van der Waals surface area contributed by atoms with Gasteiger partial charge in [0.15, 0.2) is 5.78 Å². The summed E-state index contributed by atoms with van der Waals surface area (Å²) in [6, 6.07) is 21.5. The van der Waals surface area contributed by atoms with Crippen LogP contribution in [0.3, 0.4) is 0 Å². The molecule has 3 aromatic carbocycles. The molecule has 0 aromatic heterocycles. The molecule has 0 bridgehead atoms. The van der Waals surface area contributed by atoms with Gasteiger partial charge in [0.05, 0.1) is 5.56 Å². The lowest BCUT2D eigenvalue weighted by molar-refractivity contribution is 0.0733. The number of allylic oxidation sites excluding steroid dienone is 1. The number of hydrogen-bond donors (Lipinski definition) is 0. The van der Waals surface area contributed by atoms with Crippen molar-refractivity contribution in [3.8, 4) is 5.75 Å². The van der Waals surface area contributed by atoms with Crippen molar-refractivity contribution < 1.29 is 14.3 Å². The first-order chi connectivity index (χ1) is 13.0. The number of carbonyl (C=O) groups excluding carboxylic acids is 2. The summed E-state index contributed by atoms with van der Waals surface area (Å²) in [5.74, 6) is -0.179. The standard InChI is InChI=1S/C23H17BrO3/c1-16-10-12-17(13-11-16)21(25)15-14-18-6-2-5-9-22(18)27-23(26)19-7-3-4-8-20(19)24/h2-15H,1H3/b15-14+. The van der Waals surface area contributed by atoms with Crippen LogP contribution in [-0.2, 0) is 0 Å². The number of hydrogen-bond acceptors (Lipinski definition) is 3. The predicted molar refractivity (Wildman–Crippen MR) is 110 cm³/mol. The molecule has 134 valence electrons. The lowest BCUT2D eigenvalue weighted by Crippen LogP contribution is -2.09. The summed E-state index contributed by atoms with van der Waals surface area (Å²) >= 11 is 3.35. The molecule has 0 aliphatic carbocycles. The molecular weight excluding hydrogens is 404 g/mol. The van der Waals surface area contributed by atoms with Gasteiger partial charge in [0.1, 0.15) is 5.75 Å². The fraction of sp³-hybridized carbons (Fsp3) is 0.0435. The number of aryl methyl sites for hydroxylation is 1. The van der Waals surface area contributed by atoms with Crippen LogP contribution >= 0.6 is 15.9 Å². The number of para-hydroxylation sites is 1. The van der Waals surface area contributed by atoms with Gasteiger partial charge in [-0.3, -0.25) is 4.79 Å². The van der Waals surface area contributed by atoms with Crippen molar-refractivity contribution in [3.05, 3.63) is 106 Å². The number of rotatable bonds is 5. The maximum absolute atomic E-state index is 12.4. The first kappa shape index (κ1) is 18.8. The van der Waals surface area contributed by atoms with Gasteiger partial charge in [-0.15, -0.1) is 0 Å². The summed E-state index contributed by atoms with van der Waals surface area (Å²) in [7, 11) is 0. The molecule has 0 heterocycles. The van der Waals surface area contributed by atoms with Crippen LogP contribution in [0.4, 0.5) is 0 Å². The fourth-order valence-corrected chi connectivity index (χ4v) is 2.92. The minimum atomic E-state index is -0.465. The van der Waals surface area contributed by atoms with E-state index in [4.69, 9.17) is 4.74 Å². The van der Waals surface area contributed by atoms with Gasteiger partial charge >= 0.3 is 5.97 Å². The molecule has 3 rings (SSSR count). The summed E-state index contributed by atoms with van der Waals surface area (Å²) < 4.78 is 6.20. The molecule has 0 fully saturated rings. The number of benzene rings is 3. The van der Waals surface area contributed by atoms with E-state index in [1.165, 1.54) is 6.08 Å². The first-order valence-corrected chi connectivity index (χ1v) is 9.19. The highest BCUT2D eigenvalue weighted by molar-refractivity contribution is 9.10. The molecule has 0 aliphatic heterocycles. The zero-order valence-corrected chi connectivity index (χ0v) is 16.3. The summed E-state index contributed by atoms with van der Waals surface area (Å²) in [5.41, 5.74) is 2.80. The van der Waals surface area contributed by atoms with Gasteiger partial charge < -0.3 is 4.74 Å². The normalized spacial score (nSPS) is 10.7. The van der Waals surface area contributed by atoms with E-state index >= 15 is 0 Å². The van der Waals surface area contributed by atoms with Crippen LogP contribution in [0.5, 0.6) is 5.75 Å². The smallest absolute Gasteiger partial charge is 0.344 e. The zero-order chi connectivity index (χ0) is 19.2. The lowest BCUT2D eigenvalue weighted by Gasteiger charge is -2.08. The Bertz CT molecular complexity index is 1000. The second-order valence-corrected chi connectivity index (χ2v) is 6.83. The van der Waals surface area contributed by atoms with Gasteiger partial charge in [0.2, 0.25) is 0 Å². The van der Waals surface area contributed by atoms with Crippen molar-refractivity contribution in [2.45, 2.75) is 6.92 Å². The number of ketones is 1. The monoisotopic (exact) mass is 420 g/mol. The molecule has 3 nitrogen and oxygen atoms in total. The average Bonchev–Trinajstić information content (AvgIpc) is 2.68. The molecule has 0 unspecified atom stereocenters. The molecule has 4 heteroatoms. The highest BCUT2D eigenvalue weighted by atomic mass is 79.9. The second kappa shape index (κ2) is 8.60. The van der Waals surface area contributed by atoms with Crippen molar-refractivity contribution in [3.63, 3.8) is 0 Å². The van der Waals surface area contributed by atoms with Gasteiger partial charge in [-0.05, 0) is 53.2 Å². The van der Waals surface area contributed by atoms with E-state index in [-0.39, 0.29) is 5.78 Å². The summed E-state index contributed by atoms with van der Waals surface area (Å²) in [6.45, 7) is 1.97. The maximum atomic E-state index is 12.4. The van der Waals surface area contributed by atoms with Gasteiger partial charge in [0, 0.05) is 15.6 Å². The van der Waals surface area contributed by atoms with Crippen molar-refractivity contribution in [1.82, 2.24) is 0 Å². The highest BCUT2D eigenvalue weighted by Gasteiger charge is 2.13. The number of halogens is 1. The lowest BCUT2D eigenvalue weighted by atomic mass is 10.1. The Labute approximate surface area is 166 Å². The predicted octanol–water partition coefficient (Wildman–Crippen LogP) is 5.87. The van der Waals surface area contributed by atoms with Gasteiger partial charge in [0.25, 0.3) is 0 Å². The third-order valence-electron chi connectivity index (χ3n) is 3.97. The Kier molecular flexibility index (Phi) is 5.99. The van der Waals surface area contributed by atoms with Crippen LogP contribution in [0.2, 0.25) is 0 Å². The third-order valence-corrected chi connectivity index (χ3v) is 4.66. The van der Waals surface area contributed by atoms with Gasteiger partial charge in [-0.2, -0.15) is 0 Å². The maximum Gasteiger partial charge on any atom is 0.344 e. The summed E-state index contributed by atoms with van der Waals surface area (Å²) in [6.07, 6.45) is 3.14. The SMILES string of the molecule is Cc1ccc(C(=O)/C=C/c2ccccc2OC(=O)c2ccccc2Br)cc1. The first-order valence-electron chi connectivity index (χ1n) is 8.39. The van der Waals surface area contributed by atoms with Crippen molar-refractivity contribution in [2.75, 3.05) is 0 Å². The Morgan fingerprint density at radius 1 is 0.889 bits per heavy atom. The van der Waals surface area contributed by atoms with E-state index < -0.39 is 5.97 Å². The van der Waals surface area contributed by atoms with Crippen LogP contribution in [-0.4, -0.2) is 11.8 Å². The molecule has 0 N–H and O–H groups in total. The van der Waals surface area contributed by atoms with Gasteiger partial charge in [-0.25, -0.2) is 4.79 Å². The zero-order valence-electron chi connectivity index (χ0n) is 14.7. The minimum absolute atomic E-state index is 0.109. The Hall–Kier alpha value is -2.98. The molecule has 0 saturated heterocycles. The van der Waals surface area contributed by atoms with E-state index in [9.17, 15) is 9.59 Å².